The number of rotatable bonds is 7. The summed E-state index contributed by atoms with van der Waals surface area (Å²) in [6, 6.07) is 7.51. The second-order valence-corrected chi connectivity index (χ2v) is 5.15. The van der Waals surface area contributed by atoms with E-state index >= 15 is 0 Å². The zero-order chi connectivity index (χ0) is 11.8. The van der Waals surface area contributed by atoms with E-state index in [0.717, 1.165) is 17.9 Å². The van der Waals surface area contributed by atoms with Gasteiger partial charge in [-0.05, 0) is 24.3 Å². The molecule has 1 aromatic carbocycles. The van der Waals surface area contributed by atoms with Crippen LogP contribution in [0.5, 0.6) is 5.75 Å². The SMILES string of the molecule is CC(CO)SCCCOc1ccccc1N. The van der Waals surface area contributed by atoms with Gasteiger partial charge >= 0.3 is 0 Å². The minimum atomic E-state index is 0.233. The maximum atomic E-state index is 8.84. The molecular weight excluding hydrogens is 222 g/mol. The van der Waals surface area contributed by atoms with Crippen LogP contribution in [0.15, 0.2) is 24.3 Å². The molecule has 1 atom stereocenters. The summed E-state index contributed by atoms with van der Waals surface area (Å²) >= 11 is 1.75. The van der Waals surface area contributed by atoms with Crippen LogP contribution < -0.4 is 10.5 Å². The van der Waals surface area contributed by atoms with Crippen LogP contribution in [-0.4, -0.2) is 29.3 Å². The highest BCUT2D eigenvalue weighted by atomic mass is 32.2. The molecule has 0 saturated heterocycles. The van der Waals surface area contributed by atoms with Gasteiger partial charge in [0.05, 0.1) is 18.9 Å². The van der Waals surface area contributed by atoms with Crippen LogP contribution in [0, 0.1) is 0 Å². The third kappa shape index (κ3) is 4.77. The molecule has 1 rings (SSSR count). The van der Waals surface area contributed by atoms with Gasteiger partial charge in [0.2, 0.25) is 0 Å². The maximum Gasteiger partial charge on any atom is 0.142 e. The molecule has 0 bridgehead atoms. The molecule has 0 spiro atoms. The lowest BCUT2D eigenvalue weighted by molar-refractivity contribution is 0.299. The number of aliphatic hydroxyl groups is 1. The fourth-order valence-corrected chi connectivity index (χ4v) is 1.98. The summed E-state index contributed by atoms with van der Waals surface area (Å²) in [5, 5.41) is 9.14. The Kier molecular flexibility index (Phi) is 6.11. The fraction of sp³-hybridized carbons (Fsp3) is 0.500. The number of benzene rings is 1. The van der Waals surface area contributed by atoms with Crippen LogP contribution in [0.2, 0.25) is 0 Å². The molecule has 0 aliphatic carbocycles. The summed E-state index contributed by atoms with van der Waals surface area (Å²) in [5.41, 5.74) is 6.42. The first-order valence-electron chi connectivity index (χ1n) is 5.44. The average Bonchev–Trinajstić information content (AvgIpc) is 2.30. The minimum Gasteiger partial charge on any atom is -0.491 e. The Balaban J connectivity index is 2.14. The number of thioether (sulfide) groups is 1. The van der Waals surface area contributed by atoms with E-state index in [1.165, 1.54) is 0 Å². The molecule has 4 heteroatoms. The smallest absolute Gasteiger partial charge is 0.142 e. The number of aliphatic hydroxyl groups excluding tert-OH is 1. The highest BCUT2D eigenvalue weighted by Gasteiger charge is 2.01. The second kappa shape index (κ2) is 7.41. The highest BCUT2D eigenvalue weighted by Crippen LogP contribution is 2.20. The molecular formula is C12H19NO2S. The first kappa shape index (κ1) is 13.2. The molecule has 3 N–H and O–H groups in total. The number of nitrogen functional groups attached to an aromatic ring is 1. The van der Waals surface area contributed by atoms with E-state index in [9.17, 15) is 0 Å². The molecule has 0 fully saturated rings. The van der Waals surface area contributed by atoms with Crippen molar-refractivity contribution in [2.75, 3.05) is 24.7 Å². The van der Waals surface area contributed by atoms with Crippen molar-refractivity contribution >= 4 is 17.4 Å². The molecule has 0 heterocycles. The van der Waals surface area contributed by atoms with Crippen LogP contribution in [0.3, 0.4) is 0 Å². The lowest BCUT2D eigenvalue weighted by Crippen LogP contribution is -2.06. The zero-order valence-corrected chi connectivity index (χ0v) is 10.4. The molecule has 0 saturated carbocycles. The number of para-hydroxylation sites is 2. The predicted molar refractivity (Wildman–Crippen MR) is 70.0 cm³/mol. The third-order valence-electron chi connectivity index (χ3n) is 2.12. The van der Waals surface area contributed by atoms with E-state index < -0.39 is 0 Å². The van der Waals surface area contributed by atoms with E-state index in [1.807, 2.05) is 31.2 Å². The van der Waals surface area contributed by atoms with Gasteiger partial charge in [0, 0.05) is 5.25 Å². The molecule has 0 radical (unpaired) electrons. The molecule has 90 valence electrons. The molecule has 16 heavy (non-hydrogen) atoms. The zero-order valence-electron chi connectivity index (χ0n) is 9.56. The summed E-state index contributed by atoms with van der Waals surface area (Å²) in [5.74, 6) is 1.75. The topological polar surface area (TPSA) is 55.5 Å². The Hall–Kier alpha value is -0.870. The number of ether oxygens (including phenoxy) is 1. The Morgan fingerprint density at radius 2 is 2.19 bits per heavy atom. The maximum absolute atomic E-state index is 8.84. The number of anilines is 1. The van der Waals surface area contributed by atoms with Crippen LogP contribution in [0.1, 0.15) is 13.3 Å². The van der Waals surface area contributed by atoms with Crippen molar-refractivity contribution in [3.05, 3.63) is 24.3 Å². The Morgan fingerprint density at radius 1 is 1.44 bits per heavy atom. The van der Waals surface area contributed by atoms with Gasteiger partial charge < -0.3 is 15.6 Å². The van der Waals surface area contributed by atoms with Crippen molar-refractivity contribution in [2.45, 2.75) is 18.6 Å². The van der Waals surface area contributed by atoms with Crippen molar-refractivity contribution < 1.29 is 9.84 Å². The average molecular weight is 241 g/mol. The van der Waals surface area contributed by atoms with Crippen LogP contribution in [-0.2, 0) is 0 Å². The van der Waals surface area contributed by atoms with E-state index in [-0.39, 0.29) is 6.61 Å². The normalized spacial score (nSPS) is 12.4. The summed E-state index contributed by atoms with van der Waals surface area (Å²) in [7, 11) is 0. The number of hydrogen-bond acceptors (Lipinski definition) is 4. The van der Waals surface area contributed by atoms with Gasteiger partial charge in [-0.15, -0.1) is 0 Å². The molecule has 1 aromatic rings. The van der Waals surface area contributed by atoms with E-state index in [0.29, 0.717) is 17.5 Å². The largest absolute Gasteiger partial charge is 0.491 e. The Morgan fingerprint density at radius 3 is 2.88 bits per heavy atom. The number of nitrogens with two attached hydrogens (primary N) is 1. The van der Waals surface area contributed by atoms with Crippen molar-refractivity contribution in [2.24, 2.45) is 0 Å². The van der Waals surface area contributed by atoms with Crippen molar-refractivity contribution in [3.63, 3.8) is 0 Å². The molecule has 1 unspecified atom stereocenters. The van der Waals surface area contributed by atoms with E-state index in [1.54, 1.807) is 11.8 Å². The van der Waals surface area contributed by atoms with E-state index in [4.69, 9.17) is 15.6 Å². The van der Waals surface area contributed by atoms with Gasteiger partial charge in [-0.1, -0.05) is 19.1 Å². The second-order valence-electron chi connectivity index (χ2n) is 3.60. The minimum absolute atomic E-state index is 0.233. The lowest BCUT2D eigenvalue weighted by atomic mass is 10.3. The first-order valence-corrected chi connectivity index (χ1v) is 6.48. The quantitative estimate of drug-likeness (QED) is 0.567. The molecule has 0 amide bonds. The van der Waals surface area contributed by atoms with Gasteiger partial charge in [-0.2, -0.15) is 11.8 Å². The monoisotopic (exact) mass is 241 g/mol. The van der Waals surface area contributed by atoms with Crippen LogP contribution in [0.25, 0.3) is 0 Å². The van der Waals surface area contributed by atoms with Crippen LogP contribution in [0.4, 0.5) is 5.69 Å². The van der Waals surface area contributed by atoms with Gasteiger partial charge in [-0.3, -0.25) is 0 Å². The van der Waals surface area contributed by atoms with E-state index in [2.05, 4.69) is 0 Å². The molecule has 3 nitrogen and oxygen atoms in total. The predicted octanol–water partition coefficient (Wildman–Crippen LogP) is 2.15. The summed E-state index contributed by atoms with van der Waals surface area (Å²) in [6.07, 6.45) is 0.962. The highest BCUT2D eigenvalue weighted by molar-refractivity contribution is 7.99. The van der Waals surface area contributed by atoms with Gasteiger partial charge in [0.1, 0.15) is 5.75 Å². The van der Waals surface area contributed by atoms with Gasteiger partial charge in [0.25, 0.3) is 0 Å². The van der Waals surface area contributed by atoms with Crippen molar-refractivity contribution in [1.82, 2.24) is 0 Å². The Bertz CT molecular complexity index is 307. The molecule has 0 aromatic heterocycles. The summed E-state index contributed by atoms with van der Waals surface area (Å²) in [6.45, 7) is 2.91. The van der Waals surface area contributed by atoms with Gasteiger partial charge in [-0.25, -0.2) is 0 Å². The summed E-state index contributed by atoms with van der Waals surface area (Å²) < 4.78 is 5.55. The third-order valence-corrected chi connectivity index (χ3v) is 3.37. The Labute approximate surface area is 101 Å². The van der Waals surface area contributed by atoms with Crippen LogP contribution >= 0.6 is 11.8 Å². The van der Waals surface area contributed by atoms with Gasteiger partial charge in [0.15, 0.2) is 0 Å². The van der Waals surface area contributed by atoms with Crippen molar-refractivity contribution in [1.29, 1.82) is 0 Å². The molecule has 0 aliphatic rings. The van der Waals surface area contributed by atoms with Crippen molar-refractivity contribution in [3.8, 4) is 5.75 Å². The standard InChI is InChI=1S/C12H19NO2S/c1-10(9-14)16-8-4-7-15-12-6-3-2-5-11(12)13/h2-3,5-6,10,14H,4,7-9,13H2,1H3. The molecule has 0 aliphatic heterocycles. The number of hydrogen-bond donors (Lipinski definition) is 2. The first-order chi connectivity index (χ1) is 7.74. The lowest BCUT2D eigenvalue weighted by Gasteiger charge is -2.09. The summed E-state index contributed by atoms with van der Waals surface area (Å²) in [4.78, 5) is 0. The fourth-order valence-electron chi connectivity index (χ4n) is 1.19.